The predicted octanol–water partition coefficient (Wildman–Crippen LogP) is 2.50. The Labute approximate surface area is 181 Å². The molecule has 0 atom stereocenters. The highest BCUT2D eigenvalue weighted by Gasteiger charge is 2.29. The van der Waals surface area contributed by atoms with Gasteiger partial charge >= 0.3 is 6.18 Å². The normalized spacial score (nSPS) is 12.0. The number of nitrogens with one attached hydrogen (secondary N) is 2. The molecule has 3 aromatic rings. The lowest BCUT2D eigenvalue weighted by Crippen LogP contribution is -2.28. The minimum Gasteiger partial charge on any atom is -0.482 e. The van der Waals surface area contributed by atoms with E-state index < -0.39 is 28.5 Å². The van der Waals surface area contributed by atoms with Gasteiger partial charge in [0.05, 0.1) is 11.4 Å². The molecule has 9 nitrogen and oxygen atoms in total. The third-order valence-electron chi connectivity index (χ3n) is 4.12. The van der Waals surface area contributed by atoms with Crippen molar-refractivity contribution in [3.63, 3.8) is 0 Å². The molecule has 1 amide bonds. The number of alkyl halides is 3. The van der Waals surface area contributed by atoms with Crippen LogP contribution in [0.15, 0.2) is 36.5 Å². The summed E-state index contributed by atoms with van der Waals surface area (Å²) in [6, 6.07) is 7.41. The highest BCUT2D eigenvalue weighted by Crippen LogP contribution is 2.30. The van der Waals surface area contributed by atoms with Crippen LogP contribution in [0.1, 0.15) is 15.9 Å². The summed E-state index contributed by atoms with van der Waals surface area (Å²) >= 11 is 0. The number of anilines is 2. The number of benzene rings is 1. The van der Waals surface area contributed by atoms with Gasteiger partial charge in [0.1, 0.15) is 15.6 Å². The maximum atomic E-state index is 12.7. The fourth-order valence-corrected chi connectivity index (χ4v) is 3.13. The fourth-order valence-electron chi connectivity index (χ4n) is 2.66. The lowest BCUT2D eigenvalue weighted by Gasteiger charge is -2.14. The van der Waals surface area contributed by atoms with Gasteiger partial charge in [0.15, 0.2) is 12.3 Å². The lowest BCUT2D eigenvalue weighted by molar-refractivity contribution is -0.153. The molecule has 3 rings (SSSR count). The van der Waals surface area contributed by atoms with E-state index in [1.54, 1.807) is 12.3 Å². The van der Waals surface area contributed by atoms with Gasteiger partial charge in [-0.3, -0.25) is 4.79 Å². The van der Waals surface area contributed by atoms with Crippen molar-refractivity contribution in [2.75, 3.05) is 30.5 Å². The lowest BCUT2D eigenvalue weighted by atomic mass is 10.1. The van der Waals surface area contributed by atoms with Gasteiger partial charge in [0.25, 0.3) is 5.91 Å². The van der Waals surface area contributed by atoms with E-state index in [1.807, 2.05) is 13.0 Å². The zero-order valence-electron chi connectivity index (χ0n) is 17.1. The number of aromatic nitrogens is 3. The van der Waals surface area contributed by atoms with Crippen LogP contribution >= 0.6 is 0 Å². The van der Waals surface area contributed by atoms with E-state index in [0.29, 0.717) is 5.65 Å². The van der Waals surface area contributed by atoms with Gasteiger partial charge in [-0.05, 0) is 36.8 Å². The van der Waals surface area contributed by atoms with E-state index in [2.05, 4.69) is 20.7 Å². The SMILES string of the molecule is Cc1ccc2nc(Nc3ccc(C(=O)NCCS(C)(=O)=O)cc3OCC(F)(F)F)nn2c1. The second-order valence-corrected chi connectivity index (χ2v) is 9.33. The average Bonchev–Trinajstić information content (AvgIpc) is 3.06. The van der Waals surface area contributed by atoms with Crippen LogP contribution in [0.25, 0.3) is 5.65 Å². The first-order valence-corrected chi connectivity index (χ1v) is 11.4. The summed E-state index contributed by atoms with van der Waals surface area (Å²) in [7, 11) is -3.28. The number of sulfone groups is 1. The Hall–Kier alpha value is -3.35. The molecule has 0 saturated heterocycles. The quantitative estimate of drug-likeness (QED) is 0.519. The summed E-state index contributed by atoms with van der Waals surface area (Å²) in [4.78, 5) is 16.5. The monoisotopic (exact) mass is 471 g/mol. The average molecular weight is 471 g/mol. The minimum atomic E-state index is -4.59. The van der Waals surface area contributed by atoms with Crippen molar-refractivity contribution in [3.8, 4) is 5.75 Å². The number of amides is 1. The number of carbonyl (C=O) groups excluding carboxylic acids is 1. The first-order chi connectivity index (χ1) is 14.9. The zero-order chi connectivity index (χ0) is 23.5. The standard InChI is InChI=1S/C19H20F3N5O4S/c1-12-3-6-16-25-18(26-27(16)10-12)24-14-5-4-13(9-15(14)31-11-19(20,21)22)17(28)23-7-8-32(2,29)30/h3-6,9-10H,7-8,11H2,1-2H3,(H,23,28)(H,24,26). The summed E-state index contributed by atoms with van der Waals surface area (Å²) in [5.41, 5.74) is 1.58. The molecule has 0 aliphatic rings. The number of ether oxygens (including phenoxy) is 1. The topological polar surface area (TPSA) is 115 Å². The molecular formula is C19H20F3N5O4S. The third-order valence-corrected chi connectivity index (χ3v) is 5.06. The summed E-state index contributed by atoms with van der Waals surface area (Å²) in [6.07, 6.45) is -1.83. The molecule has 1 aromatic carbocycles. The Balaban J connectivity index is 1.84. The Morgan fingerprint density at radius 3 is 2.66 bits per heavy atom. The van der Waals surface area contributed by atoms with Gasteiger partial charge in [-0.25, -0.2) is 12.9 Å². The molecule has 0 aliphatic heterocycles. The molecule has 0 saturated carbocycles. The van der Waals surface area contributed by atoms with Crippen molar-refractivity contribution in [3.05, 3.63) is 47.7 Å². The van der Waals surface area contributed by atoms with Gasteiger partial charge in [-0.2, -0.15) is 18.2 Å². The van der Waals surface area contributed by atoms with E-state index >= 15 is 0 Å². The predicted molar refractivity (Wildman–Crippen MR) is 111 cm³/mol. The van der Waals surface area contributed by atoms with Crippen molar-refractivity contribution in [1.29, 1.82) is 0 Å². The van der Waals surface area contributed by atoms with Crippen LogP contribution in [0.5, 0.6) is 5.75 Å². The van der Waals surface area contributed by atoms with Gasteiger partial charge < -0.3 is 15.4 Å². The smallest absolute Gasteiger partial charge is 0.422 e. The van der Waals surface area contributed by atoms with Crippen LogP contribution in [-0.2, 0) is 9.84 Å². The summed E-state index contributed by atoms with van der Waals surface area (Å²) in [5, 5.41) is 9.42. The van der Waals surface area contributed by atoms with E-state index in [-0.39, 0.29) is 35.2 Å². The van der Waals surface area contributed by atoms with E-state index in [9.17, 15) is 26.4 Å². The van der Waals surface area contributed by atoms with Crippen LogP contribution in [0.4, 0.5) is 24.8 Å². The van der Waals surface area contributed by atoms with E-state index in [0.717, 1.165) is 17.9 Å². The number of pyridine rings is 1. The molecule has 172 valence electrons. The van der Waals surface area contributed by atoms with Crippen molar-refractivity contribution >= 4 is 33.0 Å². The molecule has 13 heteroatoms. The summed E-state index contributed by atoms with van der Waals surface area (Å²) in [6.45, 7) is 0.163. The molecule has 0 radical (unpaired) electrons. The molecule has 0 spiro atoms. The number of fused-ring (bicyclic) bond motifs is 1. The molecule has 32 heavy (non-hydrogen) atoms. The number of carbonyl (C=O) groups is 1. The van der Waals surface area contributed by atoms with Crippen LogP contribution < -0.4 is 15.4 Å². The van der Waals surface area contributed by atoms with Gasteiger partial charge in [-0.1, -0.05) is 6.07 Å². The minimum absolute atomic E-state index is 0.000175. The van der Waals surface area contributed by atoms with Gasteiger partial charge in [0.2, 0.25) is 5.95 Å². The largest absolute Gasteiger partial charge is 0.482 e. The Bertz CT molecular complexity index is 1240. The van der Waals surface area contributed by atoms with Crippen molar-refractivity contribution < 1.29 is 31.1 Å². The van der Waals surface area contributed by atoms with E-state index in [4.69, 9.17) is 4.74 Å². The molecule has 2 heterocycles. The number of aryl methyl sites for hydroxylation is 1. The number of hydrogen-bond donors (Lipinski definition) is 2. The highest BCUT2D eigenvalue weighted by atomic mass is 32.2. The highest BCUT2D eigenvalue weighted by molar-refractivity contribution is 7.90. The summed E-state index contributed by atoms with van der Waals surface area (Å²) in [5.74, 6) is -1.04. The molecular weight excluding hydrogens is 451 g/mol. The van der Waals surface area contributed by atoms with Crippen molar-refractivity contribution in [2.45, 2.75) is 13.1 Å². The maximum absolute atomic E-state index is 12.7. The second kappa shape index (κ2) is 9.02. The number of halogens is 3. The first-order valence-electron chi connectivity index (χ1n) is 9.29. The Morgan fingerprint density at radius 1 is 1.22 bits per heavy atom. The maximum Gasteiger partial charge on any atom is 0.422 e. The fraction of sp³-hybridized carbons (Fsp3) is 0.316. The molecule has 2 N–H and O–H groups in total. The van der Waals surface area contributed by atoms with Crippen LogP contribution in [0.2, 0.25) is 0 Å². The Kier molecular flexibility index (Phi) is 6.57. The molecule has 0 bridgehead atoms. The zero-order valence-corrected chi connectivity index (χ0v) is 17.9. The second-order valence-electron chi connectivity index (χ2n) is 7.07. The van der Waals surface area contributed by atoms with Crippen LogP contribution in [0, 0.1) is 6.92 Å². The summed E-state index contributed by atoms with van der Waals surface area (Å²) < 4.78 is 66.9. The van der Waals surface area contributed by atoms with Crippen LogP contribution in [0.3, 0.4) is 0 Å². The van der Waals surface area contributed by atoms with Crippen molar-refractivity contribution in [1.82, 2.24) is 19.9 Å². The third kappa shape index (κ3) is 6.57. The number of hydrogen-bond acceptors (Lipinski definition) is 7. The first kappa shape index (κ1) is 23.3. The van der Waals surface area contributed by atoms with Gasteiger partial charge in [-0.15, -0.1) is 5.10 Å². The molecule has 0 aliphatic carbocycles. The Morgan fingerprint density at radius 2 is 1.97 bits per heavy atom. The van der Waals surface area contributed by atoms with E-state index in [1.165, 1.54) is 16.6 Å². The molecule has 0 fully saturated rings. The van der Waals surface area contributed by atoms with Gasteiger partial charge in [0, 0.05) is 24.6 Å². The molecule has 2 aromatic heterocycles. The number of nitrogens with zero attached hydrogens (tertiary/aromatic N) is 3. The van der Waals surface area contributed by atoms with Crippen molar-refractivity contribution in [2.24, 2.45) is 0 Å². The number of rotatable bonds is 8. The van der Waals surface area contributed by atoms with Crippen LogP contribution in [-0.4, -0.2) is 60.3 Å². The molecule has 0 unspecified atom stereocenters.